The summed E-state index contributed by atoms with van der Waals surface area (Å²) >= 11 is 0. The van der Waals surface area contributed by atoms with Gasteiger partial charge in [-0.25, -0.2) is 9.18 Å². The van der Waals surface area contributed by atoms with E-state index < -0.39 is 5.97 Å². The Balaban J connectivity index is 1.12. The molecule has 0 bridgehead atoms. The summed E-state index contributed by atoms with van der Waals surface area (Å²) in [7, 11) is 0. The van der Waals surface area contributed by atoms with Gasteiger partial charge < -0.3 is 41.2 Å². The molecule has 1 heterocycles. The topological polar surface area (TPSA) is 189 Å². The van der Waals surface area contributed by atoms with Crippen LogP contribution in [-0.2, 0) is 16.0 Å². The van der Waals surface area contributed by atoms with Gasteiger partial charge in [-0.2, -0.15) is 15.0 Å². The Labute approximate surface area is 298 Å². The molecule has 0 aliphatic carbocycles. The van der Waals surface area contributed by atoms with Gasteiger partial charge in [-0.1, -0.05) is 36.4 Å². The van der Waals surface area contributed by atoms with E-state index in [-0.39, 0.29) is 47.6 Å². The van der Waals surface area contributed by atoms with E-state index in [2.05, 4.69) is 41.5 Å². The van der Waals surface area contributed by atoms with Gasteiger partial charge in [0.05, 0.1) is 32.0 Å². The lowest BCUT2D eigenvalue weighted by Crippen LogP contribution is -2.27. The first-order chi connectivity index (χ1) is 25.3. The maximum atomic E-state index is 13.2. The molecule has 0 radical (unpaired) electrons. The summed E-state index contributed by atoms with van der Waals surface area (Å²) in [5, 5.41) is 24.2. The monoisotopic (exact) mass is 708 g/mol. The lowest BCUT2D eigenvalue weighted by Gasteiger charge is -2.12. The van der Waals surface area contributed by atoms with E-state index in [1.807, 2.05) is 6.07 Å². The van der Waals surface area contributed by atoms with Crippen molar-refractivity contribution in [3.8, 4) is 0 Å². The van der Waals surface area contributed by atoms with Crippen molar-refractivity contribution in [3.63, 3.8) is 0 Å². The number of carboxylic acid groups (broad SMARTS) is 1. The molecule has 0 fully saturated rings. The fourth-order valence-corrected chi connectivity index (χ4v) is 4.63. The zero-order valence-electron chi connectivity index (χ0n) is 28.0. The van der Waals surface area contributed by atoms with Crippen molar-refractivity contribution in [3.05, 3.63) is 131 Å². The van der Waals surface area contributed by atoms with Gasteiger partial charge >= 0.3 is 5.97 Å². The van der Waals surface area contributed by atoms with Gasteiger partial charge in [0, 0.05) is 42.1 Å². The van der Waals surface area contributed by atoms with Crippen molar-refractivity contribution < 1.29 is 33.4 Å². The summed E-state index contributed by atoms with van der Waals surface area (Å²) in [4.78, 5) is 49.5. The maximum Gasteiger partial charge on any atom is 0.335 e. The number of aromatic nitrogens is 3. The Morgan fingerprint density at radius 2 is 1.19 bits per heavy atom. The highest BCUT2D eigenvalue weighted by Crippen LogP contribution is 2.20. The number of carbonyl (C=O) groups excluding carboxylic acids is 2. The molecule has 0 aliphatic rings. The molecule has 52 heavy (non-hydrogen) atoms. The average molecular weight is 709 g/mol. The number of amides is 2. The van der Waals surface area contributed by atoms with Crippen molar-refractivity contribution in [1.29, 1.82) is 0 Å². The molecule has 0 saturated heterocycles. The van der Waals surface area contributed by atoms with Gasteiger partial charge in [0.25, 0.3) is 11.8 Å². The summed E-state index contributed by atoms with van der Waals surface area (Å²) in [5.74, 6) is -1.32. The van der Waals surface area contributed by atoms with E-state index in [0.717, 1.165) is 5.56 Å². The van der Waals surface area contributed by atoms with Gasteiger partial charge in [0.15, 0.2) is 0 Å². The first-order valence-corrected chi connectivity index (χ1v) is 16.3. The van der Waals surface area contributed by atoms with E-state index in [0.29, 0.717) is 62.0 Å². The molecule has 4 aromatic carbocycles. The molecule has 2 amide bonds. The van der Waals surface area contributed by atoms with Gasteiger partial charge in [-0.05, 0) is 72.3 Å². The van der Waals surface area contributed by atoms with Gasteiger partial charge in [-0.15, -0.1) is 0 Å². The number of halogens is 1. The number of nitrogens with one attached hydrogen (secondary N) is 5. The summed E-state index contributed by atoms with van der Waals surface area (Å²) in [6.07, 6.45) is 0. The van der Waals surface area contributed by atoms with Crippen LogP contribution in [0.3, 0.4) is 0 Å². The molecule has 5 aromatic rings. The van der Waals surface area contributed by atoms with Crippen LogP contribution in [0.4, 0.5) is 33.6 Å². The van der Waals surface area contributed by atoms with Crippen LogP contribution in [0, 0.1) is 5.82 Å². The molecule has 0 spiro atoms. The number of aromatic carboxylic acids is 1. The molecule has 5 rings (SSSR count). The normalized spacial score (nSPS) is 10.6. The number of ether oxygens (including phenoxy) is 2. The second kappa shape index (κ2) is 19.1. The van der Waals surface area contributed by atoms with Crippen LogP contribution in [0.25, 0.3) is 0 Å². The fraction of sp³-hybridized carbons (Fsp3) is 0.189. The quantitative estimate of drug-likeness (QED) is 0.0631. The van der Waals surface area contributed by atoms with E-state index in [4.69, 9.17) is 9.47 Å². The number of nitrogens with zero attached hydrogens (tertiary/aromatic N) is 3. The minimum absolute atomic E-state index is 0.0932. The van der Waals surface area contributed by atoms with Gasteiger partial charge in [-0.3, -0.25) is 9.59 Å². The number of carboxylic acids is 1. The Morgan fingerprint density at radius 3 is 1.88 bits per heavy atom. The van der Waals surface area contributed by atoms with Crippen LogP contribution in [-0.4, -0.2) is 77.4 Å². The molecule has 0 aliphatic heterocycles. The molecule has 0 unspecified atom stereocenters. The third kappa shape index (κ3) is 11.9. The number of benzene rings is 4. The first-order valence-electron chi connectivity index (χ1n) is 16.3. The van der Waals surface area contributed by atoms with Crippen molar-refractivity contribution in [2.24, 2.45) is 0 Å². The van der Waals surface area contributed by atoms with Crippen LogP contribution in [0.15, 0.2) is 103 Å². The largest absolute Gasteiger partial charge is 0.478 e. The molecule has 1 aromatic heterocycles. The molecule has 268 valence electrons. The third-order valence-corrected chi connectivity index (χ3v) is 7.24. The van der Waals surface area contributed by atoms with E-state index in [1.54, 1.807) is 72.8 Å². The minimum atomic E-state index is -1.07. The predicted molar refractivity (Wildman–Crippen MR) is 193 cm³/mol. The van der Waals surface area contributed by atoms with Gasteiger partial charge in [0.1, 0.15) is 5.82 Å². The highest BCUT2D eigenvalue weighted by atomic mass is 19.1. The van der Waals surface area contributed by atoms with Crippen LogP contribution in [0.2, 0.25) is 0 Å². The Bertz CT molecular complexity index is 1930. The Morgan fingerprint density at radius 1 is 0.596 bits per heavy atom. The lowest BCUT2D eigenvalue weighted by molar-refractivity contribution is 0.0519. The molecule has 14 nitrogen and oxygen atoms in total. The molecule has 0 saturated carbocycles. The first kappa shape index (κ1) is 36.8. The van der Waals surface area contributed by atoms with Crippen LogP contribution in [0.1, 0.15) is 36.6 Å². The highest BCUT2D eigenvalue weighted by Gasteiger charge is 2.11. The van der Waals surface area contributed by atoms with Crippen molar-refractivity contribution in [1.82, 2.24) is 25.6 Å². The summed E-state index contributed by atoms with van der Waals surface area (Å²) < 4.78 is 24.3. The third-order valence-electron chi connectivity index (χ3n) is 7.24. The maximum absolute atomic E-state index is 13.2. The van der Waals surface area contributed by atoms with Gasteiger partial charge in [0.2, 0.25) is 17.8 Å². The summed E-state index contributed by atoms with van der Waals surface area (Å²) in [6, 6.07) is 27.7. The summed E-state index contributed by atoms with van der Waals surface area (Å²) in [5.41, 5.74) is 2.93. The van der Waals surface area contributed by atoms with E-state index >= 15 is 0 Å². The number of anilines is 5. The molecule has 6 N–H and O–H groups in total. The predicted octanol–water partition coefficient (Wildman–Crippen LogP) is 5.00. The van der Waals surface area contributed by atoms with Crippen molar-refractivity contribution in [2.75, 3.05) is 55.5 Å². The number of carbonyl (C=O) groups is 3. The highest BCUT2D eigenvalue weighted by molar-refractivity contribution is 5.95. The molecular formula is C37H37FN8O6. The lowest BCUT2D eigenvalue weighted by atomic mass is 10.1. The number of hydrogen-bond acceptors (Lipinski definition) is 11. The standard InChI is InChI=1S/C37H37FN8O6/c38-29-13-9-25(10-14-29)24-41-33(48)27-11-15-30(16-12-27)42-36-44-35(45-37(46-36)43-31-8-4-7-28(23-31)34(49)50)40-18-20-52-22-21-51-19-17-39-32(47)26-5-2-1-3-6-26/h1-16,23H,17-22,24H2,(H,39,47)(H,41,48)(H,49,50)(H3,40,42,43,44,45,46). The molecule has 15 heteroatoms. The van der Waals surface area contributed by atoms with Crippen molar-refractivity contribution >= 4 is 47.0 Å². The zero-order chi connectivity index (χ0) is 36.5. The Kier molecular flexibility index (Phi) is 13.5. The minimum Gasteiger partial charge on any atom is -0.478 e. The Hall–Kier alpha value is -6.45. The summed E-state index contributed by atoms with van der Waals surface area (Å²) in [6.45, 7) is 2.33. The second-order valence-electron chi connectivity index (χ2n) is 11.1. The molecular weight excluding hydrogens is 671 g/mol. The fourth-order valence-electron chi connectivity index (χ4n) is 4.63. The number of hydrogen-bond donors (Lipinski definition) is 6. The van der Waals surface area contributed by atoms with E-state index in [9.17, 15) is 23.9 Å². The van der Waals surface area contributed by atoms with E-state index in [1.165, 1.54) is 24.3 Å². The zero-order valence-corrected chi connectivity index (χ0v) is 28.0. The smallest absolute Gasteiger partial charge is 0.335 e. The number of rotatable bonds is 19. The van der Waals surface area contributed by atoms with Crippen LogP contribution >= 0.6 is 0 Å². The van der Waals surface area contributed by atoms with Crippen LogP contribution < -0.4 is 26.6 Å². The average Bonchev–Trinajstić information content (AvgIpc) is 3.16. The SMILES string of the molecule is O=C(O)c1cccc(Nc2nc(NCCOCCOCCNC(=O)c3ccccc3)nc(Nc3ccc(C(=O)NCc4ccc(F)cc4)cc3)n2)c1. The second-order valence-corrected chi connectivity index (χ2v) is 11.1. The molecule has 0 atom stereocenters. The van der Waals surface area contributed by atoms with Crippen molar-refractivity contribution in [2.45, 2.75) is 6.54 Å². The van der Waals surface area contributed by atoms with Crippen LogP contribution in [0.5, 0.6) is 0 Å².